The second kappa shape index (κ2) is 5.31. The zero-order valence-corrected chi connectivity index (χ0v) is 9.74. The van der Waals surface area contributed by atoms with Crippen molar-refractivity contribution >= 4 is 11.7 Å². The van der Waals surface area contributed by atoms with Crippen molar-refractivity contribution in [3.63, 3.8) is 0 Å². The highest BCUT2D eigenvalue weighted by molar-refractivity contribution is 5.87. The van der Waals surface area contributed by atoms with Gasteiger partial charge in [0.05, 0.1) is 25.5 Å². The third-order valence-electron chi connectivity index (χ3n) is 2.36. The lowest BCUT2D eigenvalue weighted by Gasteiger charge is -2.04. The molecule has 0 aromatic carbocycles. The van der Waals surface area contributed by atoms with Crippen molar-refractivity contribution < 1.29 is 13.9 Å². The van der Waals surface area contributed by atoms with Crippen molar-refractivity contribution in [3.05, 3.63) is 47.8 Å². The number of halogens is 1. The summed E-state index contributed by atoms with van der Waals surface area (Å²) in [5.41, 5.74) is 1.91. The molecule has 0 aliphatic rings. The molecule has 0 amide bonds. The molecule has 2 heterocycles. The number of esters is 1. The van der Waals surface area contributed by atoms with Gasteiger partial charge < -0.3 is 15.0 Å². The van der Waals surface area contributed by atoms with Crippen molar-refractivity contribution in [2.75, 3.05) is 12.4 Å². The Bertz CT molecular complexity index is 537. The third kappa shape index (κ3) is 2.85. The first kappa shape index (κ1) is 12.1. The summed E-state index contributed by atoms with van der Waals surface area (Å²) in [6.45, 7) is 0.476. The molecule has 0 unspecified atom stereocenters. The zero-order valence-electron chi connectivity index (χ0n) is 9.74. The van der Waals surface area contributed by atoms with Crippen LogP contribution >= 0.6 is 0 Å². The highest BCUT2D eigenvalue weighted by atomic mass is 19.1. The molecule has 2 rings (SSSR count). The number of anilines is 1. The Balaban J connectivity index is 1.96. The molecule has 0 spiro atoms. The largest absolute Gasteiger partial charge is 0.464 e. The highest BCUT2D eigenvalue weighted by Gasteiger charge is 2.07. The Kier molecular flexibility index (Phi) is 3.57. The average Bonchev–Trinajstić information content (AvgIpc) is 2.86. The molecule has 18 heavy (non-hydrogen) atoms. The minimum atomic E-state index is -0.520. The predicted molar refractivity (Wildman–Crippen MR) is 63.7 cm³/mol. The van der Waals surface area contributed by atoms with Crippen LogP contribution in [0.1, 0.15) is 16.2 Å². The normalized spacial score (nSPS) is 10.1. The van der Waals surface area contributed by atoms with E-state index in [1.54, 1.807) is 18.2 Å². The van der Waals surface area contributed by atoms with Gasteiger partial charge in [-0.15, -0.1) is 0 Å². The zero-order chi connectivity index (χ0) is 13.0. The van der Waals surface area contributed by atoms with Crippen LogP contribution in [0.4, 0.5) is 10.1 Å². The Labute approximate surface area is 103 Å². The van der Waals surface area contributed by atoms with E-state index in [1.165, 1.54) is 19.4 Å². The number of methoxy groups -OCH3 is 1. The van der Waals surface area contributed by atoms with Crippen LogP contribution in [0.3, 0.4) is 0 Å². The first-order valence-electron chi connectivity index (χ1n) is 5.30. The fourth-order valence-electron chi connectivity index (χ4n) is 1.45. The number of pyridine rings is 1. The van der Waals surface area contributed by atoms with Crippen LogP contribution in [-0.2, 0) is 11.3 Å². The number of hydrogen-bond acceptors (Lipinski definition) is 4. The quantitative estimate of drug-likeness (QED) is 0.642. The van der Waals surface area contributed by atoms with Gasteiger partial charge in [0, 0.05) is 5.69 Å². The first-order valence-corrected chi connectivity index (χ1v) is 5.30. The van der Waals surface area contributed by atoms with E-state index in [9.17, 15) is 9.18 Å². The molecule has 0 aliphatic heterocycles. The standard InChI is InChI=1S/C12H12FN3O2/c1-18-12(17)10-4-2-9(16-10)7-14-8-3-5-11(13)15-6-8/h2-6,14,16H,7H2,1H3. The van der Waals surface area contributed by atoms with Gasteiger partial charge >= 0.3 is 5.97 Å². The summed E-state index contributed by atoms with van der Waals surface area (Å²) in [5.74, 6) is -0.932. The van der Waals surface area contributed by atoms with Gasteiger partial charge in [-0.25, -0.2) is 9.78 Å². The van der Waals surface area contributed by atoms with Gasteiger partial charge in [-0.2, -0.15) is 4.39 Å². The van der Waals surface area contributed by atoms with Crippen molar-refractivity contribution in [1.82, 2.24) is 9.97 Å². The van der Waals surface area contributed by atoms with Crippen molar-refractivity contribution in [2.24, 2.45) is 0 Å². The van der Waals surface area contributed by atoms with E-state index >= 15 is 0 Å². The molecule has 2 aromatic heterocycles. The lowest BCUT2D eigenvalue weighted by Crippen LogP contribution is -2.04. The number of carbonyl (C=O) groups is 1. The number of rotatable bonds is 4. The summed E-state index contributed by atoms with van der Waals surface area (Å²) in [6.07, 6.45) is 1.40. The van der Waals surface area contributed by atoms with E-state index in [0.29, 0.717) is 17.9 Å². The molecule has 2 N–H and O–H groups in total. The van der Waals surface area contributed by atoms with Gasteiger partial charge in [0.15, 0.2) is 0 Å². The molecule has 94 valence electrons. The van der Waals surface area contributed by atoms with Crippen LogP contribution < -0.4 is 5.32 Å². The lowest BCUT2D eigenvalue weighted by atomic mass is 10.4. The molecular weight excluding hydrogens is 237 g/mol. The number of ether oxygens (including phenoxy) is 1. The highest BCUT2D eigenvalue weighted by Crippen LogP contribution is 2.09. The predicted octanol–water partition coefficient (Wildman–Crippen LogP) is 1.95. The van der Waals surface area contributed by atoms with E-state index in [-0.39, 0.29) is 0 Å². The van der Waals surface area contributed by atoms with E-state index in [1.807, 2.05) is 0 Å². The maximum Gasteiger partial charge on any atom is 0.354 e. The number of nitrogens with zero attached hydrogens (tertiary/aromatic N) is 1. The van der Waals surface area contributed by atoms with Crippen molar-refractivity contribution in [1.29, 1.82) is 0 Å². The summed E-state index contributed by atoms with van der Waals surface area (Å²) in [4.78, 5) is 17.7. The smallest absolute Gasteiger partial charge is 0.354 e. The van der Waals surface area contributed by atoms with E-state index in [4.69, 9.17) is 0 Å². The third-order valence-corrected chi connectivity index (χ3v) is 2.36. The summed E-state index contributed by atoms with van der Waals surface area (Å²) in [6, 6.07) is 6.28. The van der Waals surface area contributed by atoms with Crippen LogP contribution in [0, 0.1) is 5.95 Å². The number of carbonyl (C=O) groups excluding carboxylic acids is 1. The van der Waals surface area contributed by atoms with Gasteiger partial charge in [-0.1, -0.05) is 0 Å². The van der Waals surface area contributed by atoms with Gasteiger partial charge in [0.2, 0.25) is 5.95 Å². The molecule has 0 saturated heterocycles. The SMILES string of the molecule is COC(=O)c1ccc(CNc2ccc(F)nc2)[nH]1. The van der Waals surface area contributed by atoms with Crippen LogP contribution in [-0.4, -0.2) is 23.0 Å². The number of aromatic nitrogens is 2. The van der Waals surface area contributed by atoms with Gasteiger partial charge in [0.1, 0.15) is 5.69 Å². The maximum atomic E-state index is 12.6. The summed E-state index contributed by atoms with van der Waals surface area (Å²) in [5, 5.41) is 3.05. The molecule has 5 nitrogen and oxygen atoms in total. The molecule has 2 aromatic rings. The summed E-state index contributed by atoms with van der Waals surface area (Å²) < 4.78 is 17.2. The Morgan fingerprint density at radius 3 is 2.94 bits per heavy atom. The van der Waals surface area contributed by atoms with E-state index in [0.717, 1.165) is 5.69 Å². The Hall–Kier alpha value is -2.37. The molecule has 6 heteroatoms. The number of aromatic amines is 1. The topological polar surface area (TPSA) is 67.0 Å². The minimum Gasteiger partial charge on any atom is -0.464 e. The second-order valence-electron chi connectivity index (χ2n) is 3.61. The van der Waals surface area contributed by atoms with Crippen molar-refractivity contribution in [3.8, 4) is 0 Å². The fraction of sp³-hybridized carbons (Fsp3) is 0.167. The van der Waals surface area contributed by atoms with Gasteiger partial charge in [-0.05, 0) is 24.3 Å². The molecule has 0 atom stereocenters. The van der Waals surface area contributed by atoms with Crippen molar-refractivity contribution in [2.45, 2.75) is 6.54 Å². The maximum absolute atomic E-state index is 12.6. The number of H-pyrrole nitrogens is 1. The average molecular weight is 249 g/mol. The molecule has 0 aliphatic carbocycles. The molecule has 0 radical (unpaired) electrons. The fourth-order valence-corrected chi connectivity index (χ4v) is 1.45. The Morgan fingerprint density at radius 2 is 2.28 bits per heavy atom. The number of hydrogen-bond donors (Lipinski definition) is 2. The van der Waals surface area contributed by atoms with Gasteiger partial charge in [-0.3, -0.25) is 0 Å². The van der Waals surface area contributed by atoms with Crippen LogP contribution in [0.2, 0.25) is 0 Å². The second-order valence-corrected chi connectivity index (χ2v) is 3.61. The summed E-state index contributed by atoms with van der Waals surface area (Å²) >= 11 is 0. The number of nitrogens with one attached hydrogen (secondary N) is 2. The molecule has 0 saturated carbocycles. The molecular formula is C12H12FN3O2. The van der Waals surface area contributed by atoms with Crippen LogP contribution in [0.25, 0.3) is 0 Å². The first-order chi connectivity index (χ1) is 8.69. The molecule has 0 bridgehead atoms. The molecule has 0 fully saturated rings. The monoisotopic (exact) mass is 249 g/mol. The van der Waals surface area contributed by atoms with E-state index < -0.39 is 11.9 Å². The summed E-state index contributed by atoms with van der Waals surface area (Å²) in [7, 11) is 1.32. The van der Waals surface area contributed by atoms with Crippen LogP contribution in [0.15, 0.2) is 30.5 Å². The van der Waals surface area contributed by atoms with Crippen LogP contribution in [0.5, 0.6) is 0 Å². The lowest BCUT2D eigenvalue weighted by molar-refractivity contribution is 0.0594. The Morgan fingerprint density at radius 1 is 1.44 bits per heavy atom. The van der Waals surface area contributed by atoms with E-state index in [2.05, 4.69) is 20.0 Å². The minimum absolute atomic E-state index is 0.395. The van der Waals surface area contributed by atoms with Gasteiger partial charge in [0.25, 0.3) is 0 Å².